The summed E-state index contributed by atoms with van der Waals surface area (Å²) in [6.45, 7) is 0. The monoisotopic (exact) mass is 437 g/mol. The molecule has 0 aliphatic carbocycles. The van der Waals surface area contributed by atoms with E-state index in [0.29, 0.717) is 34.1 Å². The number of anilines is 1. The van der Waals surface area contributed by atoms with E-state index in [1.807, 2.05) is 0 Å². The summed E-state index contributed by atoms with van der Waals surface area (Å²) in [5, 5.41) is 4.03. The fraction of sp³-hybridized carbons (Fsp3) is 0.0909. The topological polar surface area (TPSA) is 104 Å². The van der Waals surface area contributed by atoms with Crippen molar-refractivity contribution < 1.29 is 22.4 Å². The highest BCUT2D eigenvalue weighted by atomic mass is 32.2. The first-order valence-corrected chi connectivity index (χ1v) is 10.7. The van der Waals surface area contributed by atoms with E-state index in [2.05, 4.69) is 14.9 Å². The van der Waals surface area contributed by atoms with E-state index in [0.717, 1.165) is 0 Å². The van der Waals surface area contributed by atoms with Gasteiger partial charge < -0.3 is 14.0 Å². The van der Waals surface area contributed by atoms with E-state index in [1.54, 1.807) is 74.9 Å². The largest absolute Gasteiger partial charge is 0.493 e. The van der Waals surface area contributed by atoms with Crippen LogP contribution in [0.25, 0.3) is 22.8 Å². The lowest BCUT2D eigenvalue weighted by Crippen LogP contribution is -2.13. The quantitative estimate of drug-likeness (QED) is 0.462. The van der Waals surface area contributed by atoms with Crippen LogP contribution in [-0.2, 0) is 10.0 Å². The molecular weight excluding hydrogens is 418 g/mol. The van der Waals surface area contributed by atoms with Crippen LogP contribution in [0.2, 0.25) is 0 Å². The fourth-order valence-corrected chi connectivity index (χ4v) is 4.09. The molecule has 1 heterocycles. The van der Waals surface area contributed by atoms with Gasteiger partial charge in [0.1, 0.15) is 0 Å². The van der Waals surface area contributed by atoms with E-state index in [9.17, 15) is 8.42 Å². The van der Waals surface area contributed by atoms with Gasteiger partial charge in [0.05, 0.1) is 30.4 Å². The summed E-state index contributed by atoms with van der Waals surface area (Å²) in [7, 11) is -0.683. The zero-order chi connectivity index (χ0) is 21.8. The Bertz CT molecular complexity index is 1300. The number of nitrogens with zero attached hydrogens (tertiary/aromatic N) is 2. The molecule has 9 heteroatoms. The number of methoxy groups -OCH3 is 2. The van der Waals surface area contributed by atoms with Crippen molar-refractivity contribution in [2.75, 3.05) is 18.9 Å². The zero-order valence-electron chi connectivity index (χ0n) is 16.8. The Morgan fingerprint density at radius 1 is 0.871 bits per heavy atom. The summed E-state index contributed by atoms with van der Waals surface area (Å²) in [6.07, 6.45) is 0. The molecule has 0 saturated carbocycles. The molecule has 0 amide bonds. The molecule has 0 aliphatic rings. The van der Waals surface area contributed by atoms with Crippen LogP contribution >= 0.6 is 0 Å². The Morgan fingerprint density at radius 2 is 1.58 bits per heavy atom. The molecule has 0 bridgehead atoms. The molecule has 8 nitrogen and oxygen atoms in total. The molecule has 31 heavy (non-hydrogen) atoms. The molecule has 0 saturated heterocycles. The van der Waals surface area contributed by atoms with Gasteiger partial charge in [-0.1, -0.05) is 35.5 Å². The number of benzene rings is 3. The summed E-state index contributed by atoms with van der Waals surface area (Å²) in [5.41, 5.74) is 1.45. The summed E-state index contributed by atoms with van der Waals surface area (Å²) in [4.78, 5) is 4.59. The second kappa shape index (κ2) is 8.49. The number of sulfonamides is 1. The Labute approximate surface area is 179 Å². The van der Waals surface area contributed by atoms with Crippen molar-refractivity contribution in [3.63, 3.8) is 0 Å². The molecule has 0 radical (unpaired) electrons. The second-order valence-corrected chi connectivity index (χ2v) is 8.14. The van der Waals surface area contributed by atoms with Crippen LogP contribution < -0.4 is 14.2 Å². The van der Waals surface area contributed by atoms with E-state index in [1.165, 1.54) is 12.1 Å². The SMILES string of the molecule is COc1ccc(-c2noc(-c3ccccc3NS(=O)(=O)c3ccccc3)n2)cc1OC. The highest BCUT2D eigenvalue weighted by Crippen LogP contribution is 2.33. The average Bonchev–Trinajstić information content (AvgIpc) is 3.29. The van der Waals surface area contributed by atoms with E-state index >= 15 is 0 Å². The molecule has 158 valence electrons. The fourth-order valence-electron chi connectivity index (χ4n) is 2.99. The minimum absolute atomic E-state index is 0.154. The normalized spacial score (nSPS) is 11.2. The van der Waals surface area contributed by atoms with Crippen molar-refractivity contribution >= 4 is 15.7 Å². The average molecular weight is 437 g/mol. The molecule has 0 spiro atoms. The van der Waals surface area contributed by atoms with Crippen molar-refractivity contribution in [1.29, 1.82) is 0 Å². The van der Waals surface area contributed by atoms with Gasteiger partial charge in [-0.05, 0) is 42.5 Å². The van der Waals surface area contributed by atoms with Crippen LogP contribution in [0.1, 0.15) is 0 Å². The van der Waals surface area contributed by atoms with Gasteiger partial charge in [0, 0.05) is 5.56 Å². The minimum atomic E-state index is -3.78. The summed E-state index contributed by atoms with van der Waals surface area (Å²) < 4.78 is 44.1. The van der Waals surface area contributed by atoms with Gasteiger partial charge in [-0.25, -0.2) is 8.42 Å². The first-order valence-electron chi connectivity index (χ1n) is 9.25. The first-order chi connectivity index (χ1) is 15.0. The Balaban J connectivity index is 1.68. The van der Waals surface area contributed by atoms with E-state index in [-0.39, 0.29) is 10.8 Å². The van der Waals surface area contributed by atoms with Crippen molar-refractivity contribution in [2.24, 2.45) is 0 Å². The number of aromatic nitrogens is 2. The Morgan fingerprint density at radius 3 is 2.32 bits per heavy atom. The van der Waals surface area contributed by atoms with Gasteiger partial charge in [0.15, 0.2) is 11.5 Å². The number of hydrogen-bond donors (Lipinski definition) is 1. The smallest absolute Gasteiger partial charge is 0.261 e. The van der Waals surface area contributed by atoms with Gasteiger partial charge >= 0.3 is 0 Å². The maximum Gasteiger partial charge on any atom is 0.261 e. The summed E-state index contributed by atoms with van der Waals surface area (Å²) in [6, 6.07) is 20.2. The van der Waals surface area contributed by atoms with E-state index in [4.69, 9.17) is 14.0 Å². The second-order valence-electron chi connectivity index (χ2n) is 6.46. The lowest BCUT2D eigenvalue weighted by atomic mass is 10.1. The third-order valence-corrected chi connectivity index (χ3v) is 5.90. The molecule has 1 aromatic heterocycles. The maximum atomic E-state index is 12.7. The van der Waals surface area contributed by atoms with E-state index < -0.39 is 10.0 Å². The van der Waals surface area contributed by atoms with Crippen molar-refractivity contribution in [3.05, 3.63) is 72.8 Å². The zero-order valence-corrected chi connectivity index (χ0v) is 17.6. The first kappa shape index (κ1) is 20.4. The third kappa shape index (κ3) is 4.22. The molecule has 4 rings (SSSR count). The number of rotatable bonds is 7. The molecule has 0 aliphatic heterocycles. The van der Waals surface area contributed by atoms with Crippen LogP contribution in [0.5, 0.6) is 11.5 Å². The van der Waals surface area contributed by atoms with Gasteiger partial charge in [-0.3, -0.25) is 4.72 Å². The molecule has 3 aromatic carbocycles. The van der Waals surface area contributed by atoms with Gasteiger partial charge in [-0.2, -0.15) is 4.98 Å². The number of ether oxygens (including phenoxy) is 2. The predicted molar refractivity (Wildman–Crippen MR) is 116 cm³/mol. The lowest BCUT2D eigenvalue weighted by Gasteiger charge is -2.10. The van der Waals surface area contributed by atoms with Crippen molar-refractivity contribution in [3.8, 4) is 34.3 Å². The van der Waals surface area contributed by atoms with Crippen LogP contribution in [0.3, 0.4) is 0 Å². The maximum absolute atomic E-state index is 12.7. The standard InChI is InChI=1S/C22H19N3O5S/c1-28-19-13-12-15(14-20(19)29-2)21-23-22(30-24-21)17-10-6-7-11-18(17)25-31(26,27)16-8-4-3-5-9-16/h3-14,25H,1-2H3. The Hall–Kier alpha value is -3.85. The van der Waals surface area contributed by atoms with Gasteiger partial charge in [0.2, 0.25) is 5.82 Å². The van der Waals surface area contributed by atoms with Crippen LogP contribution in [0, 0.1) is 0 Å². The highest BCUT2D eigenvalue weighted by Gasteiger charge is 2.19. The summed E-state index contributed by atoms with van der Waals surface area (Å²) in [5.74, 6) is 1.62. The lowest BCUT2D eigenvalue weighted by molar-refractivity contribution is 0.355. The molecule has 1 N–H and O–H groups in total. The number of nitrogens with one attached hydrogen (secondary N) is 1. The Kier molecular flexibility index (Phi) is 5.59. The van der Waals surface area contributed by atoms with Gasteiger partial charge in [-0.15, -0.1) is 0 Å². The number of para-hydroxylation sites is 1. The number of hydrogen-bond acceptors (Lipinski definition) is 7. The molecule has 4 aromatic rings. The molecular formula is C22H19N3O5S. The highest BCUT2D eigenvalue weighted by molar-refractivity contribution is 7.92. The minimum Gasteiger partial charge on any atom is -0.493 e. The molecule has 0 unspecified atom stereocenters. The predicted octanol–water partition coefficient (Wildman–Crippen LogP) is 4.22. The molecule has 0 atom stereocenters. The van der Waals surface area contributed by atoms with Crippen molar-refractivity contribution in [2.45, 2.75) is 4.90 Å². The third-order valence-electron chi connectivity index (χ3n) is 4.52. The van der Waals surface area contributed by atoms with Crippen LogP contribution in [-0.4, -0.2) is 32.8 Å². The molecule has 0 fully saturated rings. The van der Waals surface area contributed by atoms with Crippen molar-refractivity contribution in [1.82, 2.24) is 10.1 Å². The van der Waals surface area contributed by atoms with Gasteiger partial charge in [0.25, 0.3) is 15.9 Å². The van der Waals surface area contributed by atoms with Crippen LogP contribution in [0.15, 0.2) is 82.2 Å². The summed E-state index contributed by atoms with van der Waals surface area (Å²) >= 11 is 0. The van der Waals surface area contributed by atoms with Crippen LogP contribution in [0.4, 0.5) is 5.69 Å².